The number of ketones is 1. The molecular formula is C27H51NO3Si2. The average Bonchev–Trinajstić information content (AvgIpc) is 3.01. The van der Waals surface area contributed by atoms with Crippen molar-refractivity contribution < 1.29 is 13.6 Å². The lowest BCUT2D eigenvalue weighted by atomic mass is 9.54. The van der Waals surface area contributed by atoms with E-state index in [-0.39, 0.29) is 28.4 Å². The Morgan fingerprint density at radius 3 is 2.24 bits per heavy atom. The van der Waals surface area contributed by atoms with Gasteiger partial charge in [0.1, 0.15) is 11.9 Å². The Morgan fingerprint density at radius 2 is 1.76 bits per heavy atom. The van der Waals surface area contributed by atoms with Gasteiger partial charge in [-0.25, -0.2) is 0 Å². The number of hydrogen-bond donors (Lipinski definition) is 0. The van der Waals surface area contributed by atoms with Crippen molar-refractivity contribution in [2.45, 2.75) is 118 Å². The van der Waals surface area contributed by atoms with E-state index in [1.54, 1.807) is 6.92 Å². The monoisotopic (exact) mass is 493 g/mol. The molecule has 4 nitrogen and oxygen atoms in total. The number of carbonyl (C=O) groups excluding carboxylic acids is 1. The molecule has 0 radical (unpaired) electrons. The molecule has 33 heavy (non-hydrogen) atoms. The van der Waals surface area contributed by atoms with Gasteiger partial charge in [-0.2, -0.15) is 5.26 Å². The molecule has 0 bridgehead atoms. The molecule has 2 aliphatic carbocycles. The summed E-state index contributed by atoms with van der Waals surface area (Å²) in [7, 11) is -3.62. The zero-order valence-corrected chi connectivity index (χ0v) is 25.4. The van der Waals surface area contributed by atoms with Crippen molar-refractivity contribution in [3.63, 3.8) is 0 Å². The second kappa shape index (κ2) is 10.2. The summed E-state index contributed by atoms with van der Waals surface area (Å²) in [6, 6.07) is 2.51. The molecule has 2 saturated carbocycles. The molecular weight excluding hydrogens is 442 g/mol. The lowest BCUT2D eigenvalue weighted by Crippen LogP contribution is -2.48. The maximum absolute atomic E-state index is 12.5. The molecule has 0 heterocycles. The number of nitriles is 1. The minimum absolute atomic E-state index is 0.0888. The first kappa shape index (κ1) is 28.7. The number of carbonyl (C=O) groups is 1. The second-order valence-corrected chi connectivity index (χ2v) is 23.0. The van der Waals surface area contributed by atoms with Gasteiger partial charge in [-0.3, -0.25) is 4.79 Å². The van der Waals surface area contributed by atoms with Crippen molar-refractivity contribution in [1.82, 2.24) is 0 Å². The van der Waals surface area contributed by atoms with Crippen molar-refractivity contribution in [3.8, 4) is 6.07 Å². The molecule has 0 aromatic heterocycles. The fourth-order valence-corrected chi connectivity index (χ4v) is 8.67. The van der Waals surface area contributed by atoms with Crippen LogP contribution < -0.4 is 0 Å². The predicted octanol–water partition coefficient (Wildman–Crippen LogP) is 7.43. The summed E-state index contributed by atoms with van der Waals surface area (Å²) in [5.74, 6) is 2.20. The van der Waals surface area contributed by atoms with E-state index in [9.17, 15) is 10.1 Å². The van der Waals surface area contributed by atoms with Gasteiger partial charge in [0.05, 0.1) is 6.07 Å². The number of fused-ring (bicyclic) bond motifs is 1. The van der Waals surface area contributed by atoms with Crippen LogP contribution in [-0.4, -0.2) is 35.1 Å². The van der Waals surface area contributed by atoms with Crippen LogP contribution in [0.2, 0.25) is 37.8 Å². The largest absolute Gasteiger partial charge is 0.417 e. The van der Waals surface area contributed by atoms with Crippen molar-refractivity contribution in [1.29, 1.82) is 5.26 Å². The fourth-order valence-electron chi connectivity index (χ4n) is 6.58. The molecule has 7 atom stereocenters. The zero-order chi connectivity index (χ0) is 25.4. The third-order valence-corrected chi connectivity index (χ3v) is 15.0. The second-order valence-electron chi connectivity index (χ2n) is 13.8. The maximum atomic E-state index is 12.5. The molecule has 0 saturated heterocycles. The topological polar surface area (TPSA) is 59.3 Å². The van der Waals surface area contributed by atoms with E-state index in [1.165, 1.54) is 0 Å². The molecule has 0 aromatic carbocycles. The van der Waals surface area contributed by atoms with E-state index in [1.807, 2.05) is 0 Å². The smallest absolute Gasteiger partial charge is 0.191 e. The zero-order valence-electron chi connectivity index (χ0n) is 23.4. The average molecular weight is 494 g/mol. The maximum Gasteiger partial charge on any atom is 0.191 e. The molecule has 2 aliphatic rings. The van der Waals surface area contributed by atoms with Crippen molar-refractivity contribution >= 4 is 22.4 Å². The first-order valence-corrected chi connectivity index (χ1v) is 19.5. The quantitative estimate of drug-likeness (QED) is 0.313. The summed E-state index contributed by atoms with van der Waals surface area (Å²) in [5.41, 5.74) is 0.0888. The Labute approximate surface area is 206 Å². The van der Waals surface area contributed by atoms with E-state index in [0.717, 1.165) is 38.7 Å². The predicted molar refractivity (Wildman–Crippen MR) is 142 cm³/mol. The molecule has 0 aliphatic heterocycles. The number of Topliss-reactive ketones (excluding diaryl/α,β-unsaturated/α-hetero) is 1. The molecule has 0 aromatic rings. The molecule has 0 N–H and O–H groups in total. The highest BCUT2D eigenvalue weighted by molar-refractivity contribution is 6.74. The fraction of sp³-hybridized carbons (Fsp3) is 0.926. The van der Waals surface area contributed by atoms with Crippen LogP contribution in [0.15, 0.2) is 0 Å². The lowest BCUT2D eigenvalue weighted by molar-refractivity contribution is -0.127. The summed E-state index contributed by atoms with van der Waals surface area (Å²) in [6.45, 7) is 25.2. The van der Waals surface area contributed by atoms with Crippen LogP contribution in [0.25, 0.3) is 0 Å². The van der Waals surface area contributed by atoms with Gasteiger partial charge >= 0.3 is 0 Å². The Morgan fingerprint density at radius 1 is 1.15 bits per heavy atom. The summed E-state index contributed by atoms with van der Waals surface area (Å²) in [4.78, 5) is 12.5. The molecule has 2 rings (SSSR count). The van der Waals surface area contributed by atoms with Gasteiger partial charge in [-0.15, -0.1) is 0 Å². The minimum Gasteiger partial charge on any atom is -0.417 e. The van der Waals surface area contributed by atoms with E-state index in [4.69, 9.17) is 8.85 Å². The molecule has 2 fully saturated rings. The summed E-state index contributed by atoms with van der Waals surface area (Å²) in [6.07, 6.45) is 4.99. The Kier molecular flexibility index (Phi) is 8.93. The molecule has 0 amide bonds. The summed E-state index contributed by atoms with van der Waals surface area (Å²) in [5, 5.41) is 10.2. The first-order chi connectivity index (χ1) is 14.9. The third kappa shape index (κ3) is 6.40. The highest BCUT2D eigenvalue weighted by Crippen LogP contribution is 2.61. The van der Waals surface area contributed by atoms with E-state index < -0.39 is 16.6 Å². The van der Waals surface area contributed by atoms with Gasteiger partial charge in [-0.1, -0.05) is 34.6 Å². The van der Waals surface area contributed by atoms with Gasteiger partial charge < -0.3 is 8.85 Å². The third-order valence-electron chi connectivity index (χ3n) is 9.46. The Hall–Kier alpha value is -0.486. The van der Waals surface area contributed by atoms with Crippen LogP contribution in [0.4, 0.5) is 0 Å². The molecule has 3 unspecified atom stereocenters. The highest BCUT2D eigenvalue weighted by atomic mass is 28.4. The van der Waals surface area contributed by atoms with E-state index >= 15 is 0 Å². The van der Waals surface area contributed by atoms with Crippen LogP contribution in [-0.2, 0) is 13.6 Å². The van der Waals surface area contributed by atoms with E-state index in [2.05, 4.69) is 73.4 Å². The van der Waals surface area contributed by atoms with Crippen LogP contribution >= 0.6 is 0 Å². The molecule has 6 heteroatoms. The number of rotatable bonds is 9. The minimum atomic E-state index is -1.81. The van der Waals surface area contributed by atoms with Crippen LogP contribution in [0.5, 0.6) is 0 Å². The van der Waals surface area contributed by atoms with Crippen LogP contribution in [0, 0.1) is 46.3 Å². The normalized spacial score (nSPS) is 32.7. The first-order valence-electron chi connectivity index (χ1n) is 13.2. The lowest BCUT2D eigenvalue weighted by Gasteiger charge is -2.51. The van der Waals surface area contributed by atoms with E-state index in [0.29, 0.717) is 23.5 Å². The summed E-state index contributed by atoms with van der Waals surface area (Å²) < 4.78 is 13.0. The number of nitrogens with zero attached hydrogens (tertiary/aromatic N) is 1. The van der Waals surface area contributed by atoms with Crippen LogP contribution in [0.1, 0.15) is 73.6 Å². The van der Waals surface area contributed by atoms with Gasteiger partial charge in [0.25, 0.3) is 0 Å². The Balaban J connectivity index is 2.29. The van der Waals surface area contributed by atoms with Crippen molar-refractivity contribution in [2.75, 3.05) is 6.61 Å². The van der Waals surface area contributed by atoms with Gasteiger partial charge in [0, 0.05) is 12.5 Å². The van der Waals surface area contributed by atoms with Crippen molar-refractivity contribution in [2.24, 2.45) is 35.0 Å². The SMILES string of the molecule is CC(=O)C1CC[C@H]2[C@H](CCO[Si](C)(C)C(C)(C)C)[C@@H](C(C)C(C#N)O[Si](C)(C)C)CC[C@]12C. The summed E-state index contributed by atoms with van der Waals surface area (Å²) >= 11 is 0. The molecule has 0 spiro atoms. The van der Waals surface area contributed by atoms with Gasteiger partial charge in [0.15, 0.2) is 16.6 Å². The highest BCUT2D eigenvalue weighted by Gasteiger charge is 2.56. The number of hydrogen-bond acceptors (Lipinski definition) is 4. The standard InChI is InChI=1S/C27H51NO3Si2/c1-19(25(18-28)31-32(7,8)9)21-14-16-27(6)23(20(2)29)12-13-24(27)22(21)15-17-30-33(10,11)26(3,4)5/h19,21-25H,12-17H2,1-11H3/t19?,21-,22-,23?,24+,25?,27-/m1/s1. The van der Waals surface area contributed by atoms with Gasteiger partial charge in [0.2, 0.25) is 0 Å². The molecule has 190 valence electrons. The van der Waals surface area contributed by atoms with Crippen molar-refractivity contribution in [3.05, 3.63) is 0 Å². The van der Waals surface area contributed by atoms with Gasteiger partial charge in [-0.05, 0) is 106 Å². The van der Waals surface area contributed by atoms with Crippen LogP contribution in [0.3, 0.4) is 0 Å². The Bertz CT molecular complexity index is 733.